The number of Topliss-reactive ketones (excluding diaryl/α,β-unsaturated/α-hetero) is 1. The maximum atomic E-state index is 11.3. The van der Waals surface area contributed by atoms with Gasteiger partial charge in [0.05, 0.1) is 28.0 Å². The summed E-state index contributed by atoms with van der Waals surface area (Å²) in [6.07, 6.45) is -0.250. The van der Waals surface area contributed by atoms with Gasteiger partial charge in [-0.25, -0.2) is 0 Å². The van der Waals surface area contributed by atoms with Crippen LogP contribution in [0.1, 0.15) is 19.3 Å². The Bertz CT molecular complexity index is 305. The molecule has 1 aliphatic rings. The Kier molecular flexibility index (Phi) is 3.38. The zero-order valence-corrected chi connectivity index (χ0v) is 9.31. The van der Waals surface area contributed by atoms with Gasteiger partial charge in [-0.1, -0.05) is 15.9 Å². The number of carbonyl (C=O) groups excluding carboxylic acids is 1. The van der Waals surface area contributed by atoms with Crippen molar-refractivity contribution in [2.45, 2.75) is 24.9 Å². The SMILES string of the molecule is O=C(CBr)C1CCC([N+](=O)[O-])([N+](=O)[O-])C1. The van der Waals surface area contributed by atoms with Crippen LogP contribution < -0.4 is 0 Å². The molecule has 1 fully saturated rings. The molecule has 0 aromatic rings. The van der Waals surface area contributed by atoms with E-state index in [-0.39, 0.29) is 30.4 Å². The fraction of sp³-hybridized carbons (Fsp3) is 0.857. The molecule has 1 atom stereocenters. The Hall–Kier alpha value is -1.05. The van der Waals surface area contributed by atoms with Gasteiger partial charge in [0.1, 0.15) is 5.78 Å². The van der Waals surface area contributed by atoms with Gasteiger partial charge in [-0.05, 0) is 6.42 Å². The predicted octanol–water partition coefficient (Wildman–Crippen LogP) is 1.00. The van der Waals surface area contributed by atoms with Crippen molar-refractivity contribution < 1.29 is 14.6 Å². The molecule has 1 aliphatic carbocycles. The van der Waals surface area contributed by atoms with E-state index in [4.69, 9.17) is 0 Å². The molecule has 8 heteroatoms. The summed E-state index contributed by atoms with van der Waals surface area (Å²) < 4.78 is 0. The summed E-state index contributed by atoms with van der Waals surface area (Å²) in [6, 6.07) is 0. The Labute approximate surface area is 93.3 Å². The maximum Gasteiger partial charge on any atom is 0.459 e. The van der Waals surface area contributed by atoms with Crippen LogP contribution >= 0.6 is 15.9 Å². The van der Waals surface area contributed by atoms with E-state index in [2.05, 4.69) is 15.9 Å². The summed E-state index contributed by atoms with van der Waals surface area (Å²) in [7, 11) is 0. The molecule has 1 unspecified atom stereocenters. The van der Waals surface area contributed by atoms with Crippen molar-refractivity contribution in [1.29, 1.82) is 0 Å². The number of hydrogen-bond acceptors (Lipinski definition) is 5. The topological polar surface area (TPSA) is 103 Å². The monoisotopic (exact) mass is 280 g/mol. The van der Waals surface area contributed by atoms with Gasteiger partial charge in [0.25, 0.3) is 0 Å². The highest BCUT2D eigenvalue weighted by Crippen LogP contribution is 2.38. The first-order chi connectivity index (χ1) is 6.94. The first-order valence-corrected chi connectivity index (χ1v) is 5.44. The molecule has 0 amide bonds. The van der Waals surface area contributed by atoms with Crippen LogP contribution in [0.3, 0.4) is 0 Å². The highest BCUT2D eigenvalue weighted by molar-refractivity contribution is 9.09. The molecule has 0 aromatic heterocycles. The second kappa shape index (κ2) is 4.21. The number of rotatable bonds is 4. The number of halogens is 1. The quantitative estimate of drug-likeness (QED) is 0.331. The van der Waals surface area contributed by atoms with Crippen LogP contribution in [-0.4, -0.2) is 26.6 Å². The van der Waals surface area contributed by atoms with Crippen LogP contribution in [0.5, 0.6) is 0 Å². The van der Waals surface area contributed by atoms with Crippen LogP contribution in [0, 0.1) is 26.1 Å². The minimum absolute atomic E-state index is 0.0865. The molecule has 0 saturated heterocycles. The lowest BCUT2D eigenvalue weighted by atomic mass is 10.0. The molecule has 84 valence electrons. The van der Waals surface area contributed by atoms with Crippen LogP contribution in [0.2, 0.25) is 0 Å². The van der Waals surface area contributed by atoms with E-state index in [1.54, 1.807) is 0 Å². The minimum Gasteiger partial charge on any atom is -0.298 e. The van der Waals surface area contributed by atoms with E-state index in [1.165, 1.54) is 0 Å². The molecule has 0 N–H and O–H groups in total. The predicted molar refractivity (Wildman–Crippen MR) is 52.9 cm³/mol. The van der Waals surface area contributed by atoms with Crippen molar-refractivity contribution >= 4 is 21.7 Å². The summed E-state index contributed by atoms with van der Waals surface area (Å²) in [5.41, 5.74) is -2.15. The average molecular weight is 281 g/mol. The number of nitro groups is 2. The third-order valence-corrected chi connectivity index (χ3v) is 3.29. The molecule has 1 rings (SSSR count). The van der Waals surface area contributed by atoms with Crippen LogP contribution in [0.15, 0.2) is 0 Å². The Morgan fingerprint density at radius 1 is 1.40 bits per heavy atom. The second-order valence-electron chi connectivity index (χ2n) is 3.54. The zero-order valence-electron chi connectivity index (χ0n) is 7.72. The van der Waals surface area contributed by atoms with Crippen LogP contribution in [0.4, 0.5) is 0 Å². The summed E-state index contributed by atoms with van der Waals surface area (Å²) in [6.45, 7) is 0. The zero-order chi connectivity index (χ0) is 11.6. The average Bonchev–Trinajstić information content (AvgIpc) is 2.62. The van der Waals surface area contributed by atoms with E-state index in [0.29, 0.717) is 0 Å². The number of hydrogen-bond donors (Lipinski definition) is 0. The third-order valence-electron chi connectivity index (χ3n) is 2.73. The summed E-state index contributed by atoms with van der Waals surface area (Å²) >= 11 is 2.95. The van der Waals surface area contributed by atoms with Crippen molar-refractivity contribution in [3.8, 4) is 0 Å². The largest absolute Gasteiger partial charge is 0.459 e. The first kappa shape index (κ1) is 12.0. The van der Waals surface area contributed by atoms with Gasteiger partial charge in [-0.3, -0.25) is 25.0 Å². The van der Waals surface area contributed by atoms with Crippen LogP contribution in [0.25, 0.3) is 0 Å². The van der Waals surface area contributed by atoms with Gasteiger partial charge in [0.15, 0.2) is 0 Å². The fourth-order valence-corrected chi connectivity index (χ4v) is 2.24. The Balaban J connectivity index is 2.86. The van der Waals surface area contributed by atoms with Crippen molar-refractivity contribution in [3.63, 3.8) is 0 Å². The first-order valence-electron chi connectivity index (χ1n) is 4.31. The van der Waals surface area contributed by atoms with Gasteiger partial charge in [0, 0.05) is 5.92 Å². The van der Waals surface area contributed by atoms with E-state index >= 15 is 0 Å². The molecule has 0 heterocycles. The Morgan fingerprint density at radius 2 is 1.93 bits per heavy atom. The lowest BCUT2D eigenvalue weighted by molar-refractivity contribution is -0.795. The maximum absolute atomic E-state index is 11.3. The lowest BCUT2D eigenvalue weighted by Crippen LogP contribution is -2.44. The normalized spacial score (nSPS) is 23.7. The Morgan fingerprint density at radius 3 is 2.27 bits per heavy atom. The van der Waals surface area contributed by atoms with Crippen LogP contribution in [-0.2, 0) is 4.79 Å². The molecule has 0 aromatic carbocycles. The molecule has 0 radical (unpaired) electrons. The smallest absolute Gasteiger partial charge is 0.298 e. The van der Waals surface area contributed by atoms with E-state index in [0.717, 1.165) is 0 Å². The van der Waals surface area contributed by atoms with E-state index in [9.17, 15) is 25.0 Å². The lowest BCUT2D eigenvalue weighted by Gasteiger charge is -2.10. The molecule has 15 heavy (non-hydrogen) atoms. The van der Waals surface area contributed by atoms with Crippen molar-refractivity contribution in [1.82, 2.24) is 0 Å². The van der Waals surface area contributed by atoms with Crippen molar-refractivity contribution in [2.75, 3.05) is 5.33 Å². The molecule has 1 saturated carbocycles. The standard InChI is InChI=1S/C7H9BrN2O5/c8-4-6(11)5-1-2-7(3-5,9(12)13)10(14)15/h5H,1-4H2. The number of nitrogens with zero attached hydrogens (tertiary/aromatic N) is 2. The number of carbonyl (C=O) groups is 1. The summed E-state index contributed by atoms with van der Waals surface area (Å²) in [4.78, 5) is 30.8. The van der Waals surface area contributed by atoms with Gasteiger partial charge in [-0.15, -0.1) is 0 Å². The molecular formula is C7H9BrN2O5. The molecule has 0 aliphatic heterocycles. The minimum atomic E-state index is -2.15. The highest BCUT2D eigenvalue weighted by atomic mass is 79.9. The highest BCUT2D eigenvalue weighted by Gasteiger charge is 2.62. The van der Waals surface area contributed by atoms with E-state index < -0.39 is 21.4 Å². The molecular weight excluding hydrogens is 272 g/mol. The molecule has 0 bridgehead atoms. The van der Waals surface area contributed by atoms with Crippen molar-refractivity contribution in [3.05, 3.63) is 20.2 Å². The number of ketones is 1. The molecule has 7 nitrogen and oxygen atoms in total. The number of alkyl halides is 1. The third kappa shape index (κ3) is 1.99. The fourth-order valence-electron chi connectivity index (χ4n) is 1.79. The van der Waals surface area contributed by atoms with E-state index in [1.807, 2.05) is 0 Å². The van der Waals surface area contributed by atoms with Gasteiger partial charge < -0.3 is 0 Å². The summed E-state index contributed by atoms with van der Waals surface area (Å²) in [5.74, 6) is -0.777. The molecule has 0 spiro atoms. The van der Waals surface area contributed by atoms with Gasteiger partial charge >= 0.3 is 5.66 Å². The second-order valence-corrected chi connectivity index (χ2v) is 4.10. The summed E-state index contributed by atoms with van der Waals surface area (Å²) in [5, 5.41) is 21.4. The van der Waals surface area contributed by atoms with Crippen molar-refractivity contribution in [2.24, 2.45) is 5.92 Å². The van der Waals surface area contributed by atoms with Gasteiger partial charge in [0.2, 0.25) is 0 Å². The van der Waals surface area contributed by atoms with Gasteiger partial charge in [-0.2, -0.15) is 0 Å².